The first-order valence-corrected chi connectivity index (χ1v) is 10.8. The molecule has 2 aromatic heterocycles. The van der Waals surface area contributed by atoms with Gasteiger partial charge in [0.1, 0.15) is 5.82 Å². The highest BCUT2D eigenvalue weighted by atomic mass is 19.1. The summed E-state index contributed by atoms with van der Waals surface area (Å²) in [6, 6.07) is 12.3. The maximum Gasteiger partial charge on any atom is 0.252 e. The van der Waals surface area contributed by atoms with Crippen molar-refractivity contribution in [3.8, 4) is 17.0 Å². The number of amides is 1. The van der Waals surface area contributed by atoms with E-state index in [1.54, 1.807) is 13.3 Å². The van der Waals surface area contributed by atoms with Crippen molar-refractivity contribution in [2.45, 2.75) is 37.8 Å². The molecule has 0 radical (unpaired) electrons. The number of nitrogens with two attached hydrogens (primary N) is 2. The maximum absolute atomic E-state index is 14.8. The fourth-order valence-electron chi connectivity index (χ4n) is 4.03. The van der Waals surface area contributed by atoms with Gasteiger partial charge in [0.2, 0.25) is 5.88 Å². The molecule has 172 valence electrons. The topological polar surface area (TPSA) is 128 Å². The third kappa shape index (κ3) is 5.04. The summed E-state index contributed by atoms with van der Waals surface area (Å²) in [5.74, 6) is -0.863. The molecular formula is C24H27FN6O2. The average Bonchev–Trinajstić information content (AvgIpc) is 2.82. The second-order valence-corrected chi connectivity index (χ2v) is 8.05. The number of hydrogen-bond acceptors (Lipinski definition) is 7. The van der Waals surface area contributed by atoms with Crippen LogP contribution in [-0.2, 0) is 0 Å². The van der Waals surface area contributed by atoms with Crippen molar-refractivity contribution in [3.63, 3.8) is 0 Å². The Morgan fingerprint density at radius 2 is 1.91 bits per heavy atom. The third-order valence-corrected chi connectivity index (χ3v) is 5.78. The molecule has 0 spiro atoms. The lowest BCUT2D eigenvalue weighted by Gasteiger charge is -2.30. The number of ether oxygens (including phenoxy) is 1. The van der Waals surface area contributed by atoms with Crippen LogP contribution < -0.4 is 26.8 Å². The first kappa shape index (κ1) is 22.5. The average molecular weight is 451 g/mol. The van der Waals surface area contributed by atoms with E-state index in [1.807, 2.05) is 36.4 Å². The number of pyridine rings is 2. The molecule has 3 aromatic rings. The highest BCUT2D eigenvalue weighted by molar-refractivity contribution is 5.98. The number of benzene rings is 1. The minimum Gasteiger partial charge on any atom is -0.481 e. The van der Waals surface area contributed by atoms with E-state index in [2.05, 4.69) is 20.6 Å². The highest BCUT2D eigenvalue weighted by Gasteiger charge is 2.24. The number of halogens is 1. The number of carbonyl (C=O) groups is 1. The Kier molecular flexibility index (Phi) is 6.69. The zero-order valence-corrected chi connectivity index (χ0v) is 18.3. The Labute approximate surface area is 191 Å². The summed E-state index contributed by atoms with van der Waals surface area (Å²) in [5.41, 5.74) is 13.8. The predicted octanol–water partition coefficient (Wildman–Crippen LogP) is 3.82. The van der Waals surface area contributed by atoms with Crippen molar-refractivity contribution in [1.29, 1.82) is 0 Å². The molecule has 1 aliphatic rings. The molecule has 1 fully saturated rings. The van der Waals surface area contributed by atoms with Gasteiger partial charge in [-0.15, -0.1) is 0 Å². The second-order valence-electron chi connectivity index (χ2n) is 8.05. The number of aromatic nitrogens is 2. The van der Waals surface area contributed by atoms with Gasteiger partial charge in [0.05, 0.1) is 24.6 Å². The highest BCUT2D eigenvalue weighted by Crippen LogP contribution is 2.32. The Morgan fingerprint density at radius 1 is 1.15 bits per heavy atom. The Balaban J connectivity index is 1.69. The van der Waals surface area contributed by atoms with Crippen LogP contribution in [0.5, 0.6) is 5.88 Å². The first-order valence-electron chi connectivity index (χ1n) is 10.8. The molecule has 9 heteroatoms. The molecule has 0 bridgehead atoms. The van der Waals surface area contributed by atoms with Crippen molar-refractivity contribution in [1.82, 2.24) is 9.97 Å². The number of primary amides is 1. The zero-order valence-electron chi connectivity index (χ0n) is 18.3. The van der Waals surface area contributed by atoms with Gasteiger partial charge in [0.15, 0.2) is 11.6 Å². The van der Waals surface area contributed by atoms with Crippen molar-refractivity contribution < 1.29 is 13.9 Å². The van der Waals surface area contributed by atoms with Crippen LogP contribution >= 0.6 is 0 Å². The van der Waals surface area contributed by atoms with E-state index in [1.165, 1.54) is 0 Å². The molecule has 2 heterocycles. The van der Waals surface area contributed by atoms with E-state index in [-0.39, 0.29) is 29.3 Å². The van der Waals surface area contributed by atoms with Gasteiger partial charge in [-0.3, -0.25) is 4.79 Å². The smallest absolute Gasteiger partial charge is 0.252 e. The Morgan fingerprint density at radius 3 is 2.61 bits per heavy atom. The van der Waals surface area contributed by atoms with Gasteiger partial charge in [-0.25, -0.2) is 14.4 Å². The van der Waals surface area contributed by atoms with Gasteiger partial charge < -0.3 is 26.8 Å². The van der Waals surface area contributed by atoms with Crippen molar-refractivity contribution in [2.75, 3.05) is 17.7 Å². The number of nitrogens with one attached hydrogen (secondary N) is 2. The molecule has 4 rings (SSSR count). The molecule has 33 heavy (non-hydrogen) atoms. The molecule has 1 aliphatic carbocycles. The SMILES string of the molecule is COc1ncc(Nc2nc(N[C@@H]3CCCC[C@@H]3N)c(F)cc2C(N)=O)cc1-c1ccccc1. The van der Waals surface area contributed by atoms with E-state index in [0.29, 0.717) is 11.6 Å². The lowest BCUT2D eigenvalue weighted by atomic mass is 9.91. The number of carbonyl (C=O) groups excluding carboxylic acids is 1. The van der Waals surface area contributed by atoms with Crippen LogP contribution in [0.3, 0.4) is 0 Å². The summed E-state index contributed by atoms with van der Waals surface area (Å²) in [6.07, 6.45) is 5.30. The molecular weight excluding hydrogens is 423 g/mol. The molecule has 0 aliphatic heterocycles. The molecule has 0 unspecified atom stereocenters. The normalized spacial score (nSPS) is 17.9. The molecule has 1 amide bonds. The summed E-state index contributed by atoms with van der Waals surface area (Å²) < 4.78 is 20.2. The molecule has 1 aromatic carbocycles. The van der Waals surface area contributed by atoms with Crippen LogP contribution in [0.15, 0.2) is 48.7 Å². The quantitative estimate of drug-likeness (QED) is 0.431. The van der Waals surface area contributed by atoms with Crippen LogP contribution in [0, 0.1) is 5.82 Å². The van der Waals surface area contributed by atoms with Gasteiger partial charge in [0.25, 0.3) is 5.91 Å². The predicted molar refractivity (Wildman–Crippen MR) is 126 cm³/mol. The largest absolute Gasteiger partial charge is 0.481 e. The van der Waals surface area contributed by atoms with Crippen LogP contribution in [0.25, 0.3) is 11.1 Å². The lowest BCUT2D eigenvalue weighted by Crippen LogP contribution is -2.43. The number of hydrogen-bond donors (Lipinski definition) is 4. The molecule has 1 saturated carbocycles. The summed E-state index contributed by atoms with van der Waals surface area (Å²) in [5, 5.41) is 6.17. The molecule has 2 atom stereocenters. The monoisotopic (exact) mass is 450 g/mol. The van der Waals surface area contributed by atoms with Crippen molar-refractivity contribution in [2.24, 2.45) is 11.5 Å². The summed E-state index contributed by atoms with van der Waals surface area (Å²) in [7, 11) is 1.54. The number of rotatable bonds is 7. The van der Waals surface area contributed by atoms with Crippen LogP contribution in [0.4, 0.5) is 21.7 Å². The number of nitrogens with zero attached hydrogens (tertiary/aromatic N) is 2. The summed E-state index contributed by atoms with van der Waals surface area (Å²) in [4.78, 5) is 20.7. The lowest BCUT2D eigenvalue weighted by molar-refractivity contribution is 0.100. The van der Waals surface area contributed by atoms with Crippen LogP contribution in [0.2, 0.25) is 0 Å². The minimum absolute atomic E-state index is 0.0228. The first-order chi connectivity index (χ1) is 16.0. The Hall–Kier alpha value is -3.72. The van der Waals surface area contributed by atoms with Gasteiger partial charge in [-0.1, -0.05) is 43.2 Å². The van der Waals surface area contributed by atoms with Crippen molar-refractivity contribution >= 4 is 23.2 Å². The summed E-state index contributed by atoms with van der Waals surface area (Å²) in [6.45, 7) is 0. The van der Waals surface area contributed by atoms with E-state index < -0.39 is 11.7 Å². The van der Waals surface area contributed by atoms with E-state index >= 15 is 0 Å². The van der Waals surface area contributed by atoms with E-state index in [0.717, 1.165) is 42.9 Å². The maximum atomic E-state index is 14.8. The van der Waals surface area contributed by atoms with Gasteiger partial charge in [-0.05, 0) is 30.5 Å². The number of anilines is 3. The third-order valence-electron chi connectivity index (χ3n) is 5.78. The standard InChI is InChI=1S/C24H27FN6O2/c1-33-24-16(14-7-3-2-4-8-14)11-15(13-28-24)29-22-17(21(27)32)12-18(25)23(31-22)30-20-10-6-5-9-19(20)26/h2-4,7-8,11-13,19-20H,5-6,9-10,26H2,1H3,(H2,27,32)(H2,29,30,31)/t19-,20+/m0/s1. The Bertz CT molecular complexity index is 1140. The molecule has 0 saturated heterocycles. The van der Waals surface area contributed by atoms with Gasteiger partial charge in [0, 0.05) is 17.6 Å². The minimum atomic E-state index is -0.797. The van der Waals surface area contributed by atoms with E-state index in [9.17, 15) is 9.18 Å². The zero-order chi connectivity index (χ0) is 23.4. The van der Waals surface area contributed by atoms with E-state index in [4.69, 9.17) is 16.2 Å². The van der Waals surface area contributed by atoms with Crippen LogP contribution in [0.1, 0.15) is 36.0 Å². The van der Waals surface area contributed by atoms with Crippen LogP contribution in [-0.4, -0.2) is 35.1 Å². The number of methoxy groups -OCH3 is 1. The fourth-order valence-corrected chi connectivity index (χ4v) is 4.03. The van der Waals surface area contributed by atoms with Gasteiger partial charge >= 0.3 is 0 Å². The fraction of sp³-hybridized carbons (Fsp3) is 0.292. The van der Waals surface area contributed by atoms with Gasteiger partial charge in [-0.2, -0.15) is 0 Å². The molecule has 6 N–H and O–H groups in total. The van der Waals surface area contributed by atoms with Crippen molar-refractivity contribution in [3.05, 3.63) is 60.0 Å². The second kappa shape index (κ2) is 9.83. The summed E-state index contributed by atoms with van der Waals surface area (Å²) >= 11 is 0. The molecule has 8 nitrogen and oxygen atoms in total.